The highest BCUT2D eigenvalue weighted by Gasteiger charge is 2.21. The molecule has 0 amide bonds. The zero-order chi connectivity index (χ0) is 12.8. The van der Waals surface area contributed by atoms with Crippen LogP contribution in [0.4, 0.5) is 0 Å². The van der Waals surface area contributed by atoms with Gasteiger partial charge in [-0.15, -0.1) is 0 Å². The Labute approximate surface area is 111 Å². The molecule has 0 unspecified atom stereocenters. The summed E-state index contributed by atoms with van der Waals surface area (Å²) in [6.45, 7) is 5.57. The van der Waals surface area contributed by atoms with Gasteiger partial charge in [0, 0.05) is 13.1 Å². The van der Waals surface area contributed by atoms with Crippen LogP contribution >= 0.6 is 0 Å². The fourth-order valence-corrected chi connectivity index (χ4v) is 2.84. The predicted octanol–water partition coefficient (Wildman–Crippen LogP) is 3.06. The second-order valence-corrected chi connectivity index (χ2v) is 5.49. The molecule has 0 bridgehead atoms. The van der Waals surface area contributed by atoms with Gasteiger partial charge in [0.25, 0.3) is 0 Å². The first kappa shape index (κ1) is 13.6. The van der Waals surface area contributed by atoms with Crippen molar-refractivity contribution in [2.24, 2.45) is 5.92 Å². The minimum absolute atomic E-state index is 0.0366. The van der Waals surface area contributed by atoms with Gasteiger partial charge in [-0.1, -0.05) is 37.3 Å². The Morgan fingerprint density at radius 1 is 1.11 bits per heavy atom. The Bertz CT molecular complexity index is 330. The van der Waals surface area contributed by atoms with Crippen LogP contribution in [0.3, 0.4) is 0 Å². The molecule has 0 saturated heterocycles. The predicted molar refractivity (Wildman–Crippen MR) is 75.4 cm³/mol. The molecule has 1 aliphatic carbocycles. The van der Waals surface area contributed by atoms with E-state index in [1.54, 1.807) is 0 Å². The molecular weight excluding hydrogens is 222 g/mol. The van der Waals surface area contributed by atoms with Crippen molar-refractivity contribution in [1.82, 2.24) is 4.90 Å². The largest absolute Gasteiger partial charge is 0.393 e. The third-order valence-electron chi connectivity index (χ3n) is 4.03. The van der Waals surface area contributed by atoms with Crippen LogP contribution in [-0.2, 0) is 6.54 Å². The van der Waals surface area contributed by atoms with Gasteiger partial charge in [-0.3, -0.25) is 4.90 Å². The van der Waals surface area contributed by atoms with Crippen LogP contribution in [0.1, 0.15) is 38.2 Å². The molecule has 1 saturated carbocycles. The van der Waals surface area contributed by atoms with Crippen LogP contribution in [-0.4, -0.2) is 29.2 Å². The van der Waals surface area contributed by atoms with Crippen LogP contribution in [0.5, 0.6) is 0 Å². The van der Waals surface area contributed by atoms with Crippen LogP contribution in [0.15, 0.2) is 30.3 Å². The highest BCUT2D eigenvalue weighted by molar-refractivity contribution is 5.14. The third-order valence-corrected chi connectivity index (χ3v) is 4.03. The van der Waals surface area contributed by atoms with E-state index in [1.165, 1.54) is 24.9 Å². The van der Waals surface area contributed by atoms with E-state index < -0.39 is 0 Å². The molecule has 1 aromatic carbocycles. The van der Waals surface area contributed by atoms with Crippen molar-refractivity contribution < 1.29 is 5.11 Å². The van der Waals surface area contributed by atoms with Crippen molar-refractivity contribution in [3.05, 3.63) is 35.9 Å². The summed E-state index contributed by atoms with van der Waals surface area (Å²) < 4.78 is 0. The lowest BCUT2D eigenvalue weighted by Gasteiger charge is -2.30. The standard InChI is InChI=1S/C16H25NO/c1-2-17(12-14-6-4-3-5-7-14)13-15-8-10-16(18)11-9-15/h3-7,15-16,18H,2,8-13H2,1H3. The lowest BCUT2D eigenvalue weighted by atomic mass is 9.87. The summed E-state index contributed by atoms with van der Waals surface area (Å²) in [7, 11) is 0. The van der Waals surface area contributed by atoms with E-state index in [0.717, 1.165) is 31.8 Å². The zero-order valence-corrected chi connectivity index (χ0v) is 11.4. The van der Waals surface area contributed by atoms with Crippen molar-refractivity contribution in [2.45, 2.75) is 45.3 Å². The van der Waals surface area contributed by atoms with Crippen molar-refractivity contribution in [1.29, 1.82) is 0 Å². The van der Waals surface area contributed by atoms with Gasteiger partial charge in [0.2, 0.25) is 0 Å². The van der Waals surface area contributed by atoms with E-state index in [-0.39, 0.29) is 6.10 Å². The lowest BCUT2D eigenvalue weighted by Crippen LogP contribution is -2.32. The van der Waals surface area contributed by atoms with Crippen LogP contribution in [0.25, 0.3) is 0 Å². The van der Waals surface area contributed by atoms with E-state index in [1.807, 2.05) is 0 Å². The molecule has 0 spiro atoms. The number of hydrogen-bond donors (Lipinski definition) is 1. The van der Waals surface area contributed by atoms with Crippen LogP contribution < -0.4 is 0 Å². The minimum atomic E-state index is -0.0366. The first-order valence-electron chi connectivity index (χ1n) is 7.22. The van der Waals surface area contributed by atoms with Crippen molar-refractivity contribution >= 4 is 0 Å². The smallest absolute Gasteiger partial charge is 0.0540 e. The Hall–Kier alpha value is -0.860. The van der Waals surface area contributed by atoms with Crippen LogP contribution in [0.2, 0.25) is 0 Å². The third kappa shape index (κ3) is 4.11. The molecule has 1 aromatic rings. The number of rotatable bonds is 5. The van der Waals surface area contributed by atoms with Gasteiger partial charge in [0.15, 0.2) is 0 Å². The maximum Gasteiger partial charge on any atom is 0.0540 e. The Balaban J connectivity index is 1.82. The fraction of sp³-hybridized carbons (Fsp3) is 0.625. The Kier molecular flexibility index (Phi) is 5.21. The maximum atomic E-state index is 9.54. The second-order valence-electron chi connectivity index (χ2n) is 5.49. The van der Waals surface area contributed by atoms with E-state index in [0.29, 0.717) is 0 Å². The molecule has 0 radical (unpaired) electrons. The van der Waals surface area contributed by atoms with Crippen LogP contribution in [0, 0.1) is 5.92 Å². The number of benzene rings is 1. The summed E-state index contributed by atoms with van der Waals surface area (Å²) in [5.41, 5.74) is 1.40. The summed E-state index contributed by atoms with van der Waals surface area (Å²) in [5.74, 6) is 0.775. The molecule has 2 heteroatoms. The molecule has 0 aliphatic heterocycles. The number of aliphatic hydroxyl groups is 1. The molecule has 0 aromatic heterocycles. The topological polar surface area (TPSA) is 23.5 Å². The molecule has 2 nitrogen and oxygen atoms in total. The van der Waals surface area contributed by atoms with E-state index >= 15 is 0 Å². The molecule has 2 rings (SSSR count). The molecule has 1 fully saturated rings. The van der Waals surface area contributed by atoms with Crippen molar-refractivity contribution in [2.75, 3.05) is 13.1 Å². The first-order valence-corrected chi connectivity index (χ1v) is 7.22. The van der Waals surface area contributed by atoms with Crippen molar-refractivity contribution in [3.8, 4) is 0 Å². The average molecular weight is 247 g/mol. The lowest BCUT2D eigenvalue weighted by molar-refractivity contribution is 0.0934. The molecule has 100 valence electrons. The SMILES string of the molecule is CCN(Cc1ccccc1)CC1CCC(O)CC1. The highest BCUT2D eigenvalue weighted by Crippen LogP contribution is 2.25. The summed E-state index contributed by atoms with van der Waals surface area (Å²) in [5, 5.41) is 9.54. The molecule has 1 aliphatic rings. The van der Waals surface area contributed by atoms with E-state index in [9.17, 15) is 5.11 Å². The second kappa shape index (κ2) is 6.91. The summed E-state index contributed by atoms with van der Waals surface area (Å²) in [6, 6.07) is 10.7. The number of nitrogens with zero attached hydrogens (tertiary/aromatic N) is 1. The zero-order valence-electron chi connectivity index (χ0n) is 11.4. The summed E-state index contributed by atoms with van der Waals surface area (Å²) in [6.07, 6.45) is 4.32. The highest BCUT2D eigenvalue weighted by atomic mass is 16.3. The Morgan fingerprint density at radius 2 is 1.78 bits per heavy atom. The molecule has 0 heterocycles. The van der Waals surface area contributed by atoms with Gasteiger partial charge in [0.1, 0.15) is 0 Å². The first-order chi connectivity index (χ1) is 8.78. The monoisotopic (exact) mass is 247 g/mol. The van der Waals surface area contributed by atoms with Gasteiger partial charge < -0.3 is 5.11 Å². The van der Waals surface area contributed by atoms with Gasteiger partial charge in [0.05, 0.1) is 6.10 Å². The van der Waals surface area contributed by atoms with E-state index in [2.05, 4.69) is 42.2 Å². The summed E-state index contributed by atoms with van der Waals surface area (Å²) >= 11 is 0. The Morgan fingerprint density at radius 3 is 2.39 bits per heavy atom. The van der Waals surface area contributed by atoms with Crippen molar-refractivity contribution in [3.63, 3.8) is 0 Å². The summed E-state index contributed by atoms with van der Waals surface area (Å²) in [4.78, 5) is 2.53. The number of aliphatic hydroxyl groups excluding tert-OH is 1. The van der Waals surface area contributed by atoms with Gasteiger partial charge in [-0.25, -0.2) is 0 Å². The number of hydrogen-bond acceptors (Lipinski definition) is 2. The molecule has 1 N–H and O–H groups in total. The minimum Gasteiger partial charge on any atom is -0.393 e. The normalized spacial score (nSPS) is 24.4. The van der Waals surface area contributed by atoms with Gasteiger partial charge in [-0.05, 0) is 43.7 Å². The van der Waals surface area contributed by atoms with Gasteiger partial charge in [-0.2, -0.15) is 0 Å². The fourth-order valence-electron chi connectivity index (χ4n) is 2.84. The quantitative estimate of drug-likeness (QED) is 0.864. The molecule has 0 atom stereocenters. The van der Waals surface area contributed by atoms with Gasteiger partial charge >= 0.3 is 0 Å². The molecule has 18 heavy (non-hydrogen) atoms. The average Bonchev–Trinajstić information content (AvgIpc) is 2.41. The van der Waals surface area contributed by atoms with E-state index in [4.69, 9.17) is 0 Å². The maximum absolute atomic E-state index is 9.54. The molecular formula is C16H25NO.